The summed E-state index contributed by atoms with van der Waals surface area (Å²) in [6, 6.07) is 6.61. The SMILES string of the molecule is COc1c(CNC(=O)c2ccnc(CC(=O)C(C)C)c2)cccc1C(F)(F)F. The molecule has 0 saturated heterocycles. The van der Waals surface area contributed by atoms with Gasteiger partial charge in [0.05, 0.1) is 12.7 Å². The molecule has 150 valence electrons. The quantitative estimate of drug-likeness (QED) is 0.776. The number of aromatic nitrogens is 1. The number of pyridine rings is 1. The molecular weight excluding hydrogens is 373 g/mol. The van der Waals surface area contributed by atoms with Crippen LogP contribution in [-0.4, -0.2) is 23.8 Å². The topological polar surface area (TPSA) is 68.3 Å². The molecule has 0 saturated carbocycles. The number of methoxy groups -OCH3 is 1. The van der Waals surface area contributed by atoms with Gasteiger partial charge in [-0.05, 0) is 18.2 Å². The Bertz CT molecular complexity index is 864. The number of amides is 1. The Balaban J connectivity index is 2.14. The van der Waals surface area contributed by atoms with Crippen LogP contribution in [0.2, 0.25) is 0 Å². The first-order valence-corrected chi connectivity index (χ1v) is 8.62. The number of hydrogen-bond donors (Lipinski definition) is 1. The van der Waals surface area contributed by atoms with Gasteiger partial charge in [-0.2, -0.15) is 13.2 Å². The first-order valence-electron chi connectivity index (χ1n) is 8.62. The fourth-order valence-corrected chi connectivity index (χ4v) is 2.56. The molecular formula is C20H21F3N2O3. The van der Waals surface area contributed by atoms with Gasteiger partial charge in [0.15, 0.2) is 0 Å². The van der Waals surface area contributed by atoms with Gasteiger partial charge in [0, 0.05) is 41.9 Å². The molecule has 5 nitrogen and oxygen atoms in total. The first-order chi connectivity index (χ1) is 13.1. The number of carbonyl (C=O) groups excluding carboxylic acids is 2. The Morgan fingerprint density at radius 1 is 1.21 bits per heavy atom. The monoisotopic (exact) mass is 394 g/mol. The van der Waals surface area contributed by atoms with Gasteiger partial charge in [0.1, 0.15) is 11.5 Å². The van der Waals surface area contributed by atoms with Crippen LogP contribution in [0.1, 0.15) is 41.0 Å². The number of halogens is 3. The molecule has 8 heteroatoms. The van der Waals surface area contributed by atoms with E-state index in [1.54, 1.807) is 13.8 Å². The molecule has 1 aromatic heterocycles. The van der Waals surface area contributed by atoms with Gasteiger partial charge in [-0.15, -0.1) is 0 Å². The van der Waals surface area contributed by atoms with Crippen LogP contribution >= 0.6 is 0 Å². The van der Waals surface area contributed by atoms with Crippen LogP contribution in [0, 0.1) is 5.92 Å². The number of hydrogen-bond acceptors (Lipinski definition) is 4. The van der Waals surface area contributed by atoms with Crippen molar-refractivity contribution in [2.45, 2.75) is 33.0 Å². The van der Waals surface area contributed by atoms with Gasteiger partial charge in [-0.3, -0.25) is 14.6 Å². The second kappa shape index (κ2) is 8.86. The Morgan fingerprint density at radius 2 is 1.93 bits per heavy atom. The van der Waals surface area contributed by atoms with Crippen LogP contribution in [0.15, 0.2) is 36.5 Å². The smallest absolute Gasteiger partial charge is 0.419 e. The number of nitrogens with zero attached hydrogens (tertiary/aromatic N) is 1. The molecule has 0 aliphatic carbocycles. The molecule has 1 heterocycles. The van der Waals surface area contributed by atoms with Gasteiger partial charge in [0.25, 0.3) is 5.91 Å². The van der Waals surface area contributed by atoms with E-state index in [0.717, 1.165) is 13.2 Å². The largest absolute Gasteiger partial charge is 0.496 e. The van der Waals surface area contributed by atoms with Gasteiger partial charge in [-0.1, -0.05) is 26.0 Å². The van der Waals surface area contributed by atoms with Crippen LogP contribution in [0.5, 0.6) is 5.75 Å². The zero-order chi connectivity index (χ0) is 20.9. The zero-order valence-electron chi connectivity index (χ0n) is 15.8. The highest BCUT2D eigenvalue weighted by Gasteiger charge is 2.35. The molecule has 1 amide bonds. The molecule has 0 radical (unpaired) electrons. The minimum absolute atomic E-state index is 0.00115. The lowest BCUT2D eigenvalue weighted by atomic mass is 10.0. The van der Waals surface area contributed by atoms with E-state index in [1.807, 2.05) is 0 Å². The summed E-state index contributed by atoms with van der Waals surface area (Å²) in [7, 11) is 1.15. The van der Waals surface area contributed by atoms with Crippen molar-refractivity contribution in [1.29, 1.82) is 0 Å². The number of ketones is 1. The number of alkyl halides is 3. The minimum atomic E-state index is -4.56. The Kier molecular flexibility index (Phi) is 6.77. The number of Topliss-reactive ketones (excluding diaryl/α,β-unsaturated/α-hetero) is 1. The molecule has 0 spiro atoms. The maximum absolute atomic E-state index is 13.1. The summed E-state index contributed by atoms with van der Waals surface area (Å²) in [4.78, 5) is 28.3. The van der Waals surface area contributed by atoms with E-state index in [0.29, 0.717) is 5.69 Å². The summed E-state index contributed by atoms with van der Waals surface area (Å²) in [6.07, 6.45) is -3.03. The lowest BCUT2D eigenvalue weighted by Gasteiger charge is -2.16. The summed E-state index contributed by atoms with van der Waals surface area (Å²) in [5.41, 5.74) is 0.0329. The van der Waals surface area contributed by atoms with Crippen molar-refractivity contribution in [1.82, 2.24) is 10.3 Å². The average Bonchev–Trinajstić information content (AvgIpc) is 2.65. The highest BCUT2D eigenvalue weighted by atomic mass is 19.4. The van der Waals surface area contributed by atoms with Crippen molar-refractivity contribution < 1.29 is 27.5 Å². The van der Waals surface area contributed by atoms with E-state index in [1.165, 1.54) is 30.5 Å². The van der Waals surface area contributed by atoms with Gasteiger partial charge >= 0.3 is 6.18 Å². The maximum Gasteiger partial charge on any atom is 0.419 e. The standard InChI is InChI=1S/C20H21F3N2O3/c1-12(2)17(26)10-15-9-13(7-8-24-15)19(27)25-11-14-5-4-6-16(18(14)28-3)20(21,22)23/h4-9,12H,10-11H2,1-3H3,(H,25,27). The molecule has 1 aromatic carbocycles. The normalized spacial score (nSPS) is 11.4. The van der Waals surface area contributed by atoms with Crippen molar-refractivity contribution in [3.63, 3.8) is 0 Å². The minimum Gasteiger partial charge on any atom is -0.496 e. The molecule has 0 atom stereocenters. The van der Waals surface area contributed by atoms with Crippen molar-refractivity contribution in [3.8, 4) is 5.75 Å². The molecule has 0 aliphatic heterocycles. The van der Waals surface area contributed by atoms with Crippen LogP contribution in [-0.2, 0) is 23.9 Å². The zero-order valence-corrected chi connectivity index (χ0v) is 15.8. The molecule has 0 aliphatic rings. The van der Waals surface area contributed by atoms with E-state index in [4.69, 9.17) is 4.74 Å². The molecule has 1 N–H and O–H groups in total. The number of nitrogens with one attached hydrogen (secondary N) is 1. The molecule has 0 fully saturated rings. The maximum atomic E-state index is 13.1. The number of ether oxygens (including phenoxy) is 1. The van der Waals surface area contributed by atoms with Crippen molar-refractivity contribution >= 4 is 11.7 Å². The Hall–Kier alpha value is -2.90. The third-order valence-electron chi connectivity index (χ3n) is 4.12. The lowest BCUT2D eigenvalue weighted by molar-refractivity contribution is -0.138. The summed E-state index contributed by atoms with van der Waals surface area (Å²) >= 11 is 0. The van der Waals surface area contributed by atoms with Gasteiger partial charge in [0.2, 0.25) is 0 Å². The van der Waals surface area contributed by atoms with E-state index in [9.17, 15) is 22.8 Å². The summed E-state index contributed by atoms with van der Waals surface area (Å²) < 4.78 is 44.2. The van der Waals surface area contributed by atoms with Gasteiger partial charge in [-0.25, -0.2) is 0 Å². The fraction of sp³-hybridized carbons (Fsp3) is 0.350. The number of para-hydroxylation sites is 1. The third kappa shape index (κ3) is 5.31. The predicted octanol–water partition coefficient (Wildman–Crippen LogP) is 3.81. The molecule has 28 heavy (non-hydrogen) atoms. The predicted molar refractivity (Wildman–Crippen MR) is 97.0 cm³/mol. The summed E-state index contributed by atoms with van der Waals surface area (Å²) in [5, 5.41) is 2.57. The molecule has 0 unspecified atom stereocenters. The van der Waals surface area contributed by atoms with E-state index < -0.39 is 17.6 Å². The van der Waals surface area contributed by atoms with E-state index in [2.05, 4.69) is 10.3 Å². The van der Waals surface area contributed by atoms with Crippen LogP contribution in [0.25, 0.3) is 0 Å². The first kappa shape index (κ1) is 21.4. The fourth-order valence-electron chi connectivity index (χ4n) is 2.56. The van der Waals surface area contributed by atoms with Gasteiger partial charge < -0.3 is 10.1 Å². The van der Waals surface area contributed by atoms with Crippen LogP contribution in [0.3, 0.4) is 0 Å². The number of rotatable bonds is 7. The van der Waals surface area contributed by atoms with E-state index in [-0.39, 0.29) is 41.5 Å². The van der Waals surface area contributed by atoms with Crippen LogP contribution in [0.4, 0.5) is 13.2 Å². The van der Waals surface area contributed by atoms with Crippen molar-refractivity contribution in [2.75, 3.05) is 7.11 Å². The third-order valence-corrected chi connectivity index (χ3v) is 4.12. The Labute approximate surface area is 160 Å². The van der Waals surface area contributed by atoms with Crippen molar-refractivity contribution in [3.05, 3.63) is 58.9 Å². The molecule has 0 bridgehead atoms. The summed E-state index contributed by atoms with van der Waals surface area (Å²) in [6.45, 7) is 3.41. The highest BCUT2D eigenvalue weighted by Crippen LogP contribution is 2.37. The number of carbonyl (C=O) groups is 2. The molecule has 2 rings (SSSR count). The molecule has 2 aromatic rings. The number of benzene rings is 1. The second-order valence-electron chi connectivity index (χ2n) is 6.51. The second-order valence-corrected chi connectivity index (χ2v) is 6.51. The average molecular weight is 394 g/mol. The lowest BCUT2D eigenvalue weighted by Crippen LogP contribution is -2.24. The Morgan fingerprint density at radius 3 is 2.54 bits per heavy atom. The van der Waals surface area contributed by atoms with E-state index >= 15 is 0 Å². The highest BCUT2D eigenvalue weighted by molar-refractivity contribution is 5.94. The summed E-state index contributed by atoms with van der Waals surface area (Å²) in [5.74, 6) is -0.959. The van der Waals surface area contributed by atoms with Crippen molar-refractivity contribution in [2.24, 2.45) is 5.92 Å². The van der Waals surface area contributed by atoms with Crippen LogP contribution < -0.4 is 10.1 Å².